The standard InChI is InChI=1S/C24H16BrN5O4S/c25-17-8-6-15(7-9-17)23(32)28-19-10-11-35-21(19)24(33)34-14-20(31)29-22-16(12-26)13-27-30(22)18-4-2-1-3-5-18/h1-11,13H,14H2,(H,28,32)(H,29,31). The first-order chi connectivity index (χ1) is 17.0. The molecule has 0 spiro atoms. The number of hydrogen-bond acceptors (Lipinski definition) is 7. The number of nitrogens with one attached hydrogen (secondary N) is 2. The van der Waals surface area contributed by atoms with Gasteiger partial charge in [0.15, 0.2) is 12.4 Å². The van der Waals surface area contributed by atoms with Gasteiger partial charge >= 0.3 is 5.97 Å². The van der Waals surface area contributed by atoms with E-state index in [1.165, 1.54) is 10.9 Å². The highest BCUT2D eigenvalue weighted by molar-refractivity contribution is 9.10. The second-order valence-electron chi connectivity index (χ2n) is 7.01. The van der Waals surface area contributed by atoms with Crippen molar-refractivity contribution in [2.24, 2.45) is 0 Å². The first-order valence-corrected chi connectivity index (χ1v) is 11.8. The molecule has 2 N–H and O–H groups in total. The number of halogens is 1. The minimum atomic E-state index is -0.765. The Morgan fingerprint density at radius 2 is 1.80 bits per heavy atom. The van der Waals surface area contributed by atoms with Crippen LogP contribution in [0.5, 0.6) is 0 Å². The smallest absolute Gasteiger partial charge is 0.350 e. The van der Waals surface area contributed by atoms with Crippen LogP contribution in [0, 0.1) is 11.3 Å². The fourth-order valence-corrected chi connectivity index (χ4v) is 4.05. The predicted molar refractivity (Wildman–Crippen MR) is 134 cm³/mol. The lowest BCUT2D eigenvalue weighted by Crippen LogP contribution is -2.23. The Morgan fingerprint density at radius 3 is 2.51 bits per heavy atom. The highest BCUT2D eigenvalue weighted by atomic mass is 79.9. The van der Waals surface area contributed by atoms with Crippen LogP contribution in [-0.2, 0) is 9.53 Å². The Morgan fingerprint density at radius 1 is 1.06 bits per heavy atom. The van der Waals surface area contributed by atoms with Gasteiger partial charge in [-0.05, 0) is 47.8 Å². The van der Waals surface area contributed by atoms with Crippen LogP contribution >= 0.6 is 27.3 Å². The Bertz CT molecular complexity index is 1420. The van der Waals surface area contributed by atoms with Crippen LogP contribution in [0.3, 0.4) is 0 Å². The molecule has 0 saturated heterocycles. The average molecular weight is 550 g/mol. The van der Waals surface area contributed by atoms with Gasteiger partial charge in [-0.25, -0.2) is 9.48 Å². The summed E-state index contributed by atoms with van der Waals surface area (Å²) in [5, 5.41) is 20.4. The van der Waals surface area contributed by atoms with Gasteiger partial charge in [0.1, 0.15) is 16.5 Å². The molecule has 0 bridgehead atoms. The maximum atomic E-state index is 12.6. The number of carbonyl (C=O) groups excluding carboxylic acids is 3. The fraction of sp³-hybridized carbons (Fsp3) is 0.0417. The van der Waals surface area contributed by atoms with E-state index in [2.05, 4.69) is 31.7 Å². The number of hydrogen-bond donors (Lipinski definition) is 2. The molecule has 2 amide bonds. The first kappa shape index (κ1) is 23.9. The van der Waals surface area contributed by atoms with Crippen LogP contribution in [0.4, 0.5) is 11.5 Å². The number of benzene rings is 2. The van der Waals surface area contributed by atoms with E-state index in [0.717, 1.165) is 15.8 Å². The second kappa shape index (κ2) is 10.8. The zero-order valence-electron chi connectivity index (χ0n) is 17.9. The Kier molecular flexibility index (Phi) is 7.35. The molecule has 0 aliphatic carbocycles. The molecular weight excluding hydrogens is 534 g/mol. The molecule has 2 aromatic heterocycles. The molecule has 0 aliphatic heterocycles. The van der Waals surface area contributed by atoms with Crippen molar-refractivity contribution in [2.45, 2.75) is 0 Å². The minimum absolute atomic E-state index is 0.148. The molecule has 0 aliphatic rings. The number of rotatable bonds is 7. The summed E-state index contributed by atoms with van der Waals surface area (Å²) in [5.41, 5.74) is 1.50. The molecule has 4 rings (SSSR count). The number of esters is 1. The van der Waals surface area contributed by atoms with E-state index < -0.39 is 18.5 Å². The Balaban J connectivity index is 1.40. The number of anilines is 2. The number of thiophene rings is 1. The molecule has 11 heteroatoms. The Hall–Kier alpha value is -4.27. The summed E-state index contributed by atoms with van der Waals surface area (Å²) in [7, 11) is 0. The van der Waals surface area contributed by atoms with E-state index in [4.69, 9.17) is 4.74 Å². The largest absolute Gasteiger partial charge is 0.451 e. The van der Waals surface area contributed by atoms with Crippen molar-refractivity contribution in [3.05, 3.63) is 92.7 Å². The van der Waals surface area contributed by atoms with Crippen LogP contribution < -0.4 is 10.6 Å². The number of para-hydroxylation sites is 1. The maximum absolute atomic E-state index is 12.6. The Labute approximate surface area is 212 Å². The fourth-order valence-electron chi connectivity index (χ4n) is 3.04. The molecule has 9 nitrogen and oxygen atoms in total. The van der Waals surface area contributed by atoms with Crippen LogP contribution in [0.25, 0.3) is 5.69 Å². The number of aromatic nitrogens is 2. The van der Waals surface area contributed by atoms with Crippen molar-refractivity contribution in [3.8, 4) is 11.8 Å². The van der Waals surface area contributed by atoms with Gasteiger partial charge in [-0.15, -0.1) is 11.3 Å². The van der Waals surface area contributed by atoms with Crippen molar-refractivity contribution in [1.82, 2.24) is 9.78 Å². The molecule has 2 aromatic carbocycles. The highest BCUT2D eigenvalue weighted by Gasteiger charge is 2.20. The summed E-state index contributed by atoms with van der Waals surface area (Å²) >= 11 is 4.39. The topological polar surface area (TPSA) is 126 Å². The van der Waals surface area contributed by atoms with Gasteiger partial charge in [0, 0.05) is 10.0 Å². The quantitative estimate of drug-likeness (QED) is 0.324. The first-order valence-electron chi connectivity index (χ1n) is 10.1. The van der Waals surface area contributed by atoms with Gasteiger partial charge in [-0.2, -0.15) is 10.4 Å². The lowest BCUT2D eigenvalue weighted by molar-refractivity contribution is -0.119. The normalized spacial score (nSPS) is 10.3. The average Bonchev–Trinajstić information content (AvgIpc) is 3.50. The van der Waals surface area contributed by atoms with Crippen LogP contribution in [-0.4, -0.2) is 34.2 Å². The third-order valence-corrected chi connectivity index (χ3v) is 6.11. The van der Waals surface area contributed by atoms with Crippen molar-refractivity contribution in [1.29, 1.82) is 5.26 Å². The molecular formula is C24H16BrN5O4S. The van der Waals surface area contributed by atoms with Gasteiger partial charge in [-0.3, -0.25) is 9.59 Å². The molecule has 0 saturated carbocycles. The zero-order valence-corrected chi connectivity index (χ0v) is 20.3. The predicted octanol–water partition coefficient (Wildman–Crippen LogP) is 4.62. The van der Waals surface area contributed by atoms with Crippen molar-refractivity contribution in [2.75, 3.05) is 17.2 Å². The number of ether oxygens (including phenoxy) is 1. The highest BCUT2D eigenvalue weighted by Crippen LogP contribution is 2.24. The summed E-state index contributed by atoms with van der Waals surface area (Å²) < 4.78 is 7.39. The van der Waals surface area contributed by atoms with Crippen LogP contribution in [0.2, 0.25) is 0 Å². The zero-order chi connectivity index (χ0) is 24.8. The number of amides is 2. The molecule has 0 radical (unpaired) electrons. The minimum Gasteiger partial charge on any atom is -0.451 e. The maximum Gasteiger partial charge on any atom is 0.350 e. The van der Waals surface area contributed by atoms with Gasteiger partial charge in [0.2, 0.25) is 0 Å². The number of nitrogens with zero attached hydrogens (tertiary/aromatic N) is 3. The van der Waals surface area contributed by atoms with Gasteiger partial charge < -0.3 is 15.4 Å². The second-order valence-corrected chi connectivity index (χ2v) is 8.85. The molecule has 0 fully saturated rings. The lowest BCUT2D eigenvalue weighted by atomic mass is 10.2. The number of carbonyl (C=O) groups is 3. The lowest BCUT2D eigenvalue weighted by Gasteiger charge is -2.10. The van der Waals surface area contributed by atoms with E-state index in [1.807, 2.05) is 12.1 Å². The summed E-state index contributed by atoms with van der Waals surface area (Å²) in [6, 6.07) is 19.3. The van der Waals surface area contributed by atoms with Crippen molar-refractivity contribution in [3.63, 3.8) is 0 Å². The molecule has 0 unspecified atom stereocenters. The van der Waals surface area contributed by atoms with Gasteiger partial charge in [-0.1, -0.05) is 34.1 Å². The summed E-state index contributed by atoms with van der Waals surface area (Å²) in [5.74, 6) is -1.64. The van der Waals surface area contributed by atoms with Gasteiger partial charge in [0.25, 0.3) is 11.8 Å². The van der Waals surface area contributed by atoms with E-state index in [1.54, 1.807) is 60.0 Å². The molecule has 4 aromatic rings. The van der Waals surface area contributed by atoms with E-state index in [-0.39, 0.29) is 27.9 Å². The summed E-state index contributed by atoms with van der Waals surface area (Å²) in [4.78, 5) is 37.7. The number of nitriles is 1. The van der Waals surface area contributed by atoms with E-state index in [9.17, 15) is 19.6 Å². The van der Waals surface area contributed by atoms with Crippen molar-refractivity contribution >= 4 is 56.6 Å². The monoisotopic (exact) mass is 549 g/mol. The molecule has 0 atom stereocenters. The molecule has 35 heavy (non-hydrogen) atoms. The van der Waals surface area contributed by atoms with Gasteiger partial charge in [0.05, 0.1) is 17.6 Å². The van der Waals surface area contributed by atoms with E-state index in [0.29, 0.717) is 11.3 Å². The summed E-state index contributed by atoms with van der Waals surface area (Å²) in [6.45, 7) is -0.596. The van der Waals surface area contributed by atoms with Crippen molar-refractivity contribution < 1.29 is 19.1 Å². The van der Waals surface area contributed by atoms with Crippen LogP contribution in [0.15, 0.2) is 76.7 Å². The van der Waals surface area contributed by atoms with Crippen LogP contribution in [0.1, 0.15) is 25.6 Å². The SMILES string of the molecule is N#Cc1cnn(-c2ccccc2)c1NC(=O)COC(=O)c1sccc1NC(=O)c1ccc(Br)cc1. The third-order valence-electron chi connectivity index (χ3n) is 4.69. The molecule has 2 heterocycles. The summed E-state index contributed by atoms with van der Waals surface area (Å²) in [6.07, 6.45) is 1.33. The molecule has 174 valence electrons. The third kappa shape index (κ3) is 5.63. The van der Waals surface area contributed by atoms with E-state index >= 15 is 0 Å².